The van der Waals surface area contributed by atoms with Gasteiger partial charge in [0.15, 0.2) is 8.32 Å². The Labute approximate surface area is 174 Å². The number of aliphatic hydroxyl groups is 1. The van der Waals surface area contributed by atoms with E-state index < -0.39 is 22.5 Å². The van der Waals surface area contributed by atoms with Crippen molar-refractivity contribution in [2.75, 3.05) is 0 Å². The largest absolute Gasteiger partial charge is 0.413 e. The summed E-state index contributed by atoms with van der Waals surface area (Å²) in [5.41, 5.74) is 0.199. The van der Waals surface area contributed by atoms with Gasteiger partial charge in [-0.1, -0.05) is 83.2 Å². The van der Waals surface area contributed by atoms with Crippen LogP contribution in [-0.4, -0.2) is 45.9 Å². The summed E-state index contributed by atoms with van der Waals surface area (Å²) in [6.45, 7) is 20.8. The highest BCUT2D eigenvalue weighted by Gasteiger charge is 2.61. The van der Waals surface area contributed by atoms with E-state index in [1.165, 1.54) is 5.19 Å². The van der Waals surface area contributed by atoms with Crippen LogP contribution in [0.15, 0.2) is 30.3 Å². The standard InChI is InChI=1S/C23H40O3Si2/c1-15-19(26-28(8,9)23(3,4)5)16(2)21-22(18(24)20(15)25-21)27(6,7)17-13-11-10-12-14-17/h10-16,18-22,24H,1-9H3. The van der Waals surface area contributed by atoms with Gasteiger partial charge in [-0.2, -0.15) is 0 Å². The second kappa shape index (κ2) is 7.34. The van der Waals surface area contributed by atoms with E-state index in [0.29, 0.717) is 0 Å². The fourth-order valence-corrected chi connectivity index (χ4v) is 10.3. The predicted octanol–water partition coefficient (Wildman–Crippen LogP) is 4.78. The quantitative estimate of drug-likeness (QED) is 0.713. The Morgan fingerprint density at radius 1 is 0.929 bits per heavy atom. The van der Waals surface area contributed by atoms with Crippen LogP contribution < -0.4 is 5.19 Å². The van der Waals surface area contributed by atoms with E-state index in [1.807, 2.05) is 0 Å². The van der Waals surface area contributed by atoms with Crippen LogP contribution in [0.25, 0.3) is 0 Å². The van der Waals surface area contributed by atoms with Gasteiger partial charge in [0.25, 0.3) is 0 Å². The third kappa shape index (κ3) is 3.58. The molecule has 0 aliphatic carbocycles. The highest BCUT2D eigenvalue weighted by atomic mass is 28.4. The third-order valence-electron chi connectivity index (χ3n) is 8.03. The summed E-state index contributed by atoms with van der Waals surface area (Å²) in [5, 5.41) is 13.0. The maximum Gasteiger partial charge on any atom is 0.192 e. The minimum Gasteiger partial charge on any atom is -0.413 e. The zero-order chi connectivity index (χ0) is 21.1. The number of hydrogen-bond donors (Lipinski definition) is 1. The lowest BCUT2D eigenvalue weighted by Crippen LogP contribution is -2.55. The SMILES string of the molecule is CC1C(O[Si](C)(C)C(C)(C)C)C(C)C2OC1C(O)C2[Si](C)(C)c1ccccc1. The Morgan fingerprint density at radius 3 is 2.00 bits per heavy atom. The van der Waals surface area contributed by atoms with Crippen LogP contribution in [0.3, 0.4) is 0 Å². The van der Waals surface area contributed by atoms with Crippen molar-refractivity contribution >= 4 is 21.6 Å². The highest BCUT2D eigenvalue weighted by molar-refractivity contribution is 6.91. The summed E-state index contributed by atoms with van der Waals surface area (Å²) >= 11 is 0. The molecule has 7 atom stereocenters. The van der Waals surface area contributed by atoms with Gasteiger partial charge in [0.05, 0.1) is 32.5 Å². The molecule has 2 aliphatic heterocycles. The van der Waals surface area contributed by atoms with E-state index in [-0.39, 0.29) is 40.7 Å². The molecular weight excluding hydrogens is 380 g/mol. The van der Waals surface area contributed by atoms with Gasteiger partial charge in [-0.25, -0.2) is 0 Å². The zero-order valence-corrected chi connectivity index (χ0v) is 21.2. The molecule has 0 radical (unpaired) electrons. The molecule has 2 bridgehead atoms. The van der Waals surface area contributed by atoms with Gasteiger partial charge in [0, 0.05) is 17.4 Å². The fraction of sp³-hybridized carbons (Fsp3) is 0.739. The zero-order valence-electron chi connectivity index (χ0n) is 19.2. The van der Waals surface area contributed by atoms with Crippen molar-refractivity contribution in [1.82, 2.24) is 0 Å². The minimum absolute atomic E-state index is 0.0767. The van der Waals surface area contributed by atoms with E-state index in [9.17, 15) is 5.11 Å². The van der Waals surface area contributed by atoms with Crippen LogP contribution in [0.1, 0.15) is 34.6 Å². The molecule has 2 fully saturated rings. The average Bonchev–Trinajstić information content (AvgIpc) is 2.92. The van der Waals surface area contributed by atoms with Crippen LogP contribution in [0.5, 0.6) is 0 Å². The molecule has 3 nitrogen and oxygen atoms in total. The van der Waals surface area contributed by atoms with E-state index in [4.69, 9.17) is 9.16 Å². The topological polar surface area (TPSA) is 38.7 Å². The van der Waals surface area contributed by atoms with Crippen LogP contribution >= 0.6 is 0 Å². The smallest absolute Gasteiger partial charge is 0.192 e. The molecule has 1 aromatic carbocycles. The number of fused-ring (bicyclic) bond motifs is 2. The predicted molar refractivity (Wildman–Crippen MR) is 122 cm³/mol. The van der Waals surface area contributed by atoms with E-state index >= 15 is 0 Å². The molecule has 2 saturated heterocycles. The number of rotatable bonds is 4. The van der Waals surface area contributed by atoms with Crippen molar-refractivity contribution in [3.8, 4) is 0 Å². The van der Waals surface area contributed by atoms with Gasteiger partial charge in [-0.15, -0.1) is 0 Å². The van der Waals surface area contributed by atoms with Crippen molar-refractivity contribution in [2.45, 2.75) is 95.8 Å². The summed E-state index contributed by atoms with van der Waals surface area (Å²) in [6.07, 6.45) is -0.286. The Balaban J connectivity index is 1.92. The van der Waals surface area contributed by atoms with Crippen molar-refractivity contribution in [3.05, 3.63) is 30.3 Å². The molecular formula is C23H40O3Si2. The molecule has 0 saturated carbocycles. The Bertz CT molecular complexity index is 683. The summed E-state index contributed by atoms with van der Waals surface area (Å²) in [6, 6.07) is 10.8. The summed E-state index contributed by atoms with van der Waals surface area (Å²) in [7, 11) is -3.80. The van der Waals surface area contributed by atoms with Gasteiger partial charge < -0.3 is 14.3 Å². The maximum atomic E-state index is 11.4. The second-order valence-electron chi connectivity index (χ2n) is 11.2. The summed E-state index contributed by atoms with van der Waals surface area (Å²) in [5.74, 6) is 0.499. The molecule has 1 aromatic rings. The van der Waals surface area contributed by atoms with E-state index in [1.54, 1.807) is 0 Å². The van der Waals surface area contributed by atoms with Crippen molar-refractivity contribution < 1.29 is 14.3 Å². The molecule has 2 aliphatic rings. The molecule has 3 rings (SSSR count). The van der Waals surface area contributed by atoms with Crippen LogP contribution in [0, 0.1) is 11.8 Å². The molecule has 5 heteroatoms. The first-order chi connectivity index (χ1) is 12.8. The normalized spacial score (nSPS) is 36.6. The average molecular weight is 421 g/mol. The molecule has 2 heterocycles. The molecule has 0 amide bonds. The number of aliphatic hydroxyl groups excluding tert-OH is 1. The Morgan fingerprint density at radius 2 is 1.46 bits per heavy atom. The molecule has 0 spiro atoms. The summed E-state index contributed by atoms with van der Waals surface area (Å²) in [4.78, 5) is 0. The first-order valence-corrected chi connectivity index (χ1v) is 16.8. The van der Waals surface area contributed by atoms with Crippen molar-refractivity contribution in [2.24, 2.45) is 11.8 Å². The van der Waals surface area contributed by atoms with Gasteiger partial charge >= 0.3 is 0 Å². The molecule has 7 unspecified atom stereocenters. The lowest BCUT2D eigenvalue weighted by atomic mass is 9.87. The lowest BCUT2D eigenvalue weighted by Gasteiger charge is -2.47. The first-order valence-electron chi connectivity index (χ1n) is 10.9. The van der Waals surface area contributed by atoms with Gasteiger partial charge in [-0.3, -0.25) is 0 Å². The van der Waals surface area contributed by atoms with Crippen molar-refractivity contribution in [1.29, 1.82) is 0 Å². The fourth-order valence-electron chi connectivity index (χ4n) is 5.11. The van der Waals surface area contributed by atoms with Gasteiger partial charge in [0.1, 0.15) is 0 Å². The highest BCUT2D eigenvalue weighted by Crippen LogP contribution is 2.52. The first kappa shape index (κ1) is 22.2. The number of benzene rings is 1. The minimum atomic E-state index is -1.91. The van der Waals surface area contributed by atoms with Crippen LogP contribution in [-0.2, 0) is 9.16 Å². The maximum absolute atomic E-state index is 11.4. The summed E-state index contributed by atoms with van der Waals surface area (Å²) < 4.78 is 13.4. The number of hydrogen-bond acceptors (Lipinski definition) is 3. The Kier molecular flexibility index (Phi) is 5.83. The van der Waals surface area contributed by atoms with Crippen molar-refractivity contribution in [3.63, 3.8) is 0 Å². The Hall–Kier alpha value is -0.466. The molecule has 1 N–H and O–H groups in total. The van der Waals surface area contributed by atoms with Crippen LogP contribution in [0.2, 0.25) is 36.8 Å². The third-order valence-corrected chi connectivity index (χ3v) is 16.7. The lowest BCUT2D eigenvalue weighted by molar-refractivity contribution is -0.133. The van der Waals surface area contributed by atoms with E-state index in [0.717, 1.165) is 0 Å². The molecule has 0 aromatic heterocycles. The van der Waals surface area contributed by atoms with Gasteiger partial charge in [-0.05, 0) is 18.1 Å². The van der Waals surface area contributed by atoms with Gasteiger partial charge in [0.2, 0.25) is 0 Å². The monoisotopic (exact) mass is 420 g/mol. The number of ether oxygens (including phenoxy) is 1. The molecule has 28 heavy (non-hydrogen) atoms. The molecule has 158 valence electrons. The van der Waals surface area contributed by atoms with Crippen LogP contribution in [0.4, 0.5) is 0 Å². The van der Waals surface area contributed by atoms with E-state index in [2.05, 4.69) is 91.1 Å². The second-order valence-corrected chi connectivity index (χ2v) is 20.7.